The van der Waals surface area contributed by atoms with Crippen LogP contribution in [0.2, 0.25) is 5.02 Å². The standard InChI is InChI=1S/C10H10ClO4P/c1-13-16(14-2)10-8-5-6(11)3-4-7(8)9(12)15-10/h3-5,10H,1-2H3. The second-order valence-corrected chi connectivity index (χ2v) is 5.35. The third-order valence-electron chi connectivity index (χ3n) is 2.27. The second kappa shape index (κ2) is 4.68. The van der Waals surface area contributed by atoms with Crippen molar-refractivity contribution in [3.8, 4) is 0 Å². The van der Waals surface area contributed by atoms with Crippen molar-refractivity contribution in [2.75, 3.05) is 14.2 Å². The maximum atomic E-state index is 11.6. The Morgan fingerprint density at radius 3 is 2.69 bits per heavy atom. The molecule has 0 aromatic heterocycles. The first-order valence-electron chi connectivity index (χ1n) is 4.55. The average molecular weight is 261 g/mol. The Morgan fingerprint density at radius 2 is 2.06 bits per heavy atom. The van der Waals surface area contributed by atoms with E-state index in [-0.39, 0.29) is 5.97 Å². The lowest BCUT2D eigenvalue weighted by molar-refractivity contribution is 0.0482. The van der Waals surface area contributed by atoms with Crippen molar-refractivity contribution in [1.82, 2.24) is 0 Å². The fourth-order valence-corrected chi connectivity index (χ4v) is 2.91. The third-order valence-corrected chi connectivity index (χ3v) is 3.99. The summed E-state index contributed by atoms with van der Waals surface area (Å²) in [6.07, 6.45) is 0. The number of hydrogen-bond donors (Lipinski definition) is 0. The average Bonchev–Trinajstić information content (AvgIpc) is 2.58. The van der Waals surface area contributed by atoms with Gasteiger partial charge in [-0.3, -0.25) is 0 Å². The molecule has 0 fully saturated rings. The summed E-state index contributed by atoms with van der Waals surface area (Å²) in [5, 5.41) is 0.559. The summed E-state index contributed by atoms with van der Waals surface area (Å²) < 4.78 is 15.5. The van der Waals surface area contributed by atoms with E-state index in [1.54, 1.807) is 18.2 Å². The van der Waals surface area contributed by atoms with E-state index in [1.807, 2.05) is 0 Å². The molecule has 0 radical (unpaired) electrons. The quantitative estimate of drug-likeness (QED) is 0.619. The molecule has 0 saturated carbocycles. The van der Waals surface area contributed by atoms with E-state index < -0.39 is 14.2 Å². The smallest absolute Gasteiger partial charge is 0.339 e. The maximum absolute atomic E-state index is 11.6. The van der Waals surface area contributed by atoms with Crippen molar-refractivity contribution in [2.45, 2.75) is 5.85 Å². The number of esters is 1. The molecule has 86 valence electrons. The number of halogens is 1. The number of carbonyl (C=O) groups excluding carboxylic acids is 1. The molecule has 1 aromatic carbocycles. The Bertz CT molecular complexity index is 419. The van der Waals surface area contributed by atoms with Crippen LogP contribution in [0.3, 0.4) is 0 Å². The molecule has 4 nitrogen and oxygen atoms in total. The monoisotopic (exact) mass is 260 g/mol. The first kappa shape index (κ1) is 11.8. The van der Waals surface area contributed by atoms with Gasteiger partial charge in [-0.25, -0.2) is 4.79 Å². The van der Waals surface area contributed by atoms with Gasteiger partial charge in [-0.05, 0) is 18.2 Å². The highest BCUT2D eigenvalue weighted by molar-refractivity contribution is 7.47. The molecule has 0 spiro atoms. The zero-order chi connectivity index (χ0) is 11.7. The second-order valence-electron chi connectivity index (χ2n) is 3.14. The van der Waals surface area contributed by atoms with Gasteiger partial charge in [0.1, 0.15) is 0 Å². The molecule has 1 aromatic rings. The van der Waals surface area contributed by atoms with Crippen LogP contribution in [0.4, 0.5) is 0 Å². The van der Waals surface area contributed by atoms with Gasteiger partial charge in [0.05, 0.1) is 5.56 Å². The van der Waals surface area contributed by atoms with Gasteiger partial charge < -0.3 is 13.8 Å². The number of hydrogen-bond acceptors (Lipinski definition) is 4. The highest BCUT2D eigenvalue weighted by Crippen LogP contribution is 2.56. The number of ether oxygens (including phenoxy) is 1. The van der Waals surface area contributed by atoms with Crippen LogP contribution in [0.15, 0.2) is 18.2 Å². The minimum Gasteiger partial charge on any atom is -0.444 e. The highest BCUT2D eigenvalue weighted by Gasteiger charge is 2.38. The van der Waals surface area contributed by atoms with Crippen molar-refractivity contribution in [2.24, 2.45) is 0 Å². The topological polar surface area (TPSA) is 44.8 Å². The summed E-state index contributed by atoms with van der Waals surface area (Å²) in [6.45, 7) is 0. The number of carbonyl (C=O) groups is 1. The Morgan fingerprint density at radius 1 is 1.38 bits per heavy atom. The predicted octanol–water partition coefficient (Wildman–Crippen LogP) is 3.11. The number of cyclic esters (lactones) is 1. The number of fused-ring (bicyclic) bond motifs is 1. The predicted molar refractivity (Wildman–Crippen MR) is 60.5 cm³/mol. The molecule has 1 heterocycles. The molecule has 1 unspecified atom stereocenters. The highest BCUT2D eigenvalue weighted by atomic mass is 35.5. The number of benzene rings is 1. The van der Waals surface area contributed by atoms with Crippen LogP contribution in [-0.4, -0.2) is 20.2 Å². The molecule has 0 bridgehead atoms. The SMILES string of the molecule is COP(OC)C1OC(=O)c2ccc(Cl)cc21. The largest absolute Gasteiger partial charge is 0.444 e. The molecule has 0 N–H and O–H groups in total. The van der Waals surface area contributed by atoms with E-state index in [9.17, 15) is 4.79 Å². The lowest BCUT2D eigenvalue weighted by Crippen LogP contribution is -1.99. The summed E-state index contributed by atoms with van der Waals surface area (Å²) in [5.74, 6) is -0.857. The lowest BCUT2D eigenvalue weighted by Gasteiger charge is -2.18. The van der Waals surface area contributed by atoms with Crippen molar-refractivity contribution >= 4 is 25.9 Å². The van der Waals surface area contributed by atoms with Crippen LogP contribution >= 0.6 is 20.0 Å². The van der Waals surface area contributed by atoms with Crippen LogP contribution in [0.5, 0.6) is 0 Å². The van der Waals surface area contributed by atoms with E-state index in [4.69, 9.17) is 25.4 Å². The first-order chi connectivity index (χ1) is 7.67. The first-order valence-corrected chi connectivity index (χ1v) is 6.17. The van der Waals surface area contributed by atoms with Crippen molar-refractivity contribution < 1.29 is 18.6 Å². The van der Waals surface area contributed by atoms with Crippen LogP contribution in [0.1, 0.15) is 21.8 Å². The zero-order valence-corrected chi connectivity index (χ0v) is 10.4. The maximum Gasteiger partial charge on any atom is 0.339 e. The molecular formula is C10H10ClO4P. The lowest BCUT2D eigenvalue weighted by atomic mass is 10.1. The molecule has 2 rings (SSSR count). The summed E-state index contributed by atoms with van der Waals surface area (Å²) in [7, 11) is 1.75. The fourth-order valence-electron chi connectivity index (χ4n) is 1.57. The van der Waals surface area contributed by atoms with E-state index >= 15 is 0 Å². The summed E-state index contributed by atoms with van der Waals surface area (Å²) in [6, 6.07) is 5.02. The molecule has 0 aliphatic carbocycles. The van der Waals surface area contributed by atoms with Crippen LogP contribution in [-0.2, 0) is 13.8 Å². The van der Waals surface area contributed by atoms with Crippen molar-refractivity contribution in [3.05, 3.63) is 34.3 Å². The molecular weight excluding hydrogens is 251 g/mol. The minimum atomic E-state index is -1.28. The molecule has 0 saturated heterocycles. The van der Waals surface area contributed by atoms with Crippen molar-refractivity contribution in [1.29, 1.82) is 0 Å². The van der Waals surface area contributed by atoms with Gasteiger partial charge in [-0.15, -0.1) is 0 Å². The van der Waals surface area contributed by atoms with Gasteiger partial charge in [0.25, 0.3) is 0 Å². The fraction of sp³-hybridized carbons (Fsp3) is 0.300. The van der Waals surface area contributed by atoms with Gasteiger partial charge in [-0.1, -0.05) is 11.6 Å². The third kappa shape index (κ3) is 1.94. The molecule has 1 aliphatic heterocycles. The summed E-state index contributed by atoms with van der Waals surface area (Å²) in [5.41, 5.74) is 1.25. The Kier molecular flexibility index (Phi) is 3.45. The normalized spacial score (nSPS) is 18.8. The Labute approximate surface area is 99.4 Å². The van der Waals surface area contributed by atoms with Gasteiger partial charge in [0, 0.05) is 24.8 Å². The Hall–Kier alpha value is -0.670. The minimum absolute atomic E-state index is 0.363. The molecule has 6 heteroatoms. The van der Waals surface area contributed by atoms with E-state index in [0.717, 1.165) is 5.56 Å². The van der Waals surface area contributed by atoms with Crippen molar-refractivity contribution in [3.63, 3.8) is 0 Å². The van der Waals surface area contributed by atoms with Gasteiger partial charge in [-0.2, -0.15) is 0 Å². The van der Waals surface area contributed by atoms with E-state index in [0.29, 0.717) is 10.6 Å². The van der Waals surface area contributed by atoms with E-state index in [1.165, 1.54) is 14.2 Å². The van der Waals surface area contributed by atoms with Gasteiger partial charge in [0.15, 0.2) is 5.85 Å². The van der Waals surface area contributed by atoms with Crippen LogP contribution < -0.4 is 0 Å². The Balaban J connectivity index is 2.41. The summed E-state index contributed by atoms with van der Waals surface area (Å²) >= 11 is 5.89. The molecule has 0 amide bonds. The molecule has 16 heavy (non-hydrogen) atoms. The van der Waals surface area contributed by atoms with Gasteiger partial charge >= 0.3 is 5.97 Å². The van der Waals surface area contributed by atoms with Gasteiger partial charge in [0.2, 0.25) is 8.38 Å². The summed E-state index contributed by atoms with van der Waals surface area (Å²) in [4.78, 5) is 11.6. The number of rotatable bonds is 3. The van der Waals surface area contributed by atoms with Crippen LogP contribution in [0, 0.1) is 0 Å². The zero-order valence-electron chi connectivity index (χ0n) is 8.77. The van der Waals surface area contributed by atoms with Crippen LogP contribution in [0.25, 0.3) is 0 Å². The molecule has 1 atom stereocenters. The van der Waals surface area contributed by atoms with E-state index in [2.05, 4.69) is 0 Å². The molecule has 1 aliphatic rings.